The van der Waals surface area contributed by atoms with Gasteiger partial charge in [0, 0.05) is 28.3 Å². The molecule has 0 aliphatic carbocycles. The molecule has 0 saturated heterocycles. The maximum absolute atomic E-state index is 5.59. The van der Waals surface area contributed by atoms with Crippen molar-refractivity contribution >= 4 is 23.0 Å². The smallest absolute Gasteiger partial charge is 0.0496 e. The summed E-state index contributed by atoms with van der Waals surface area (Å²) in [4.78, 5) is 1.37. The van der Waals surface area contributed by atoms with Crippen molar-refractivity contribution in [3.63, 3.8) is 0 Å². The first-order valence-corrected chi connectivity index (χ1v) is 10.2. The van der Waals surface area contributed by atoms with Crippen LogP contribution < -0.4 is 5.32 Å². The van der Waals surface area contributed by atoms with Gasteiger partial charge in [-0.3, -0.25) is 0 Å². The first-order chi connectivity index (χ1) is 12.7. The molecule has 26 heavy (non-hydrogen) atoms. The van der Waals surface area contributed by atoms with Gasteiger partial charge in [0.25, 0.3) is 0 Å². The molecule has 1 heterocycles. The Bertz CT molecular complexity index is 883. The predicted octanol–water partition coefficient (Wildman–Crippen LogP) is 5.90. The first-order valence-electron chi connectivity index (χ1n) is 9.18. The van der Waals surface area contributed by atoms with Gasteiger partial charge in [0.2, 0.25) is 0 Å². The lowest BCUT2D eigenvalue weighted by Crippen LogP contribution is -2.17. The first kappa shape index (κ1) is 18.4. The molecule has 3 rings (SSSR count). The van der Waals surface area contributed by atoms with Gasteiger partial charge in [-0.15, -0.1) is 18.2 Å². The number of terminal acetylenes is 1. The van der Waals surface area contributed by atoms with Crippen molar-refractivity contribution in [1.29, 1.82) is 0 Å². The molecule has 1 nitrogen and oxygen atoms in total. The van der Waals surface area contributed by atoms with E-state index in [9.17, 15) is 0 Å². The Morgan fingerprint density at radius 1 is 1.15 bits per heavy atom. The minimum atomic E-state index is 0.836. The number of dihydropyridines is 1. The largest absolute Gasteiger partial charge is 0.381 e. The number of thioether (sulfide) groups is 1. The van der Waals surface area contributed by atoms with Gasteiger partial charge >= 0.3 is 0 Å². The topological polar surface area (TPSA) is 12.0 Å². The van der Waals surface area contributed by atoms with E-state index in [2.05, 4.69) is 67.6 Å². The zero-order valence-corrected chi connectivity index (χ0v) is 16.3. The highest BCUT2D eigenvalue weighted by Crippen LogP contribution is 2.32. The van der Waals surface area contributed by atoms with E-state index in [-0.39, 0.29) is 0 Å². The summed E-state index contributed by atoms with van der Waals surface area (Å²) in [6.45, 7) is 5.27. The molecule has 0 amide bonds. The lowest BCUT2D eigenvalue weighted by Gasteiger charge is -2.20. The highest BCUT2D eigenvalue weighted by molar-refractivity contribution is 7.99. The van der Waals surface area contributed by atoms with Gasteiger partial charge in [0.15, 0.2) is 0 Å². The minimum absolute atomic E-state index is 0.836. The number of hydrogen-bond donors (Lipinski definition) is 1. The van der Waals surface area contributed by atoms with Crippen LogP contribution in [0.25, 0.3) is 11.3 Å². The average Bonchev–Trinajstić information content (AvgIpc) is 2.69. The maximum atomic E-state index is 5.59. The van der Waals surface area contributed by atoms with Gasteiger partial charge in [-0.05, 0) is 54.0 Å². The molecule has 0 atom stereocenters. The lowest BCUT2D eigenvalue weighted by molar-refractivity contribution is 0.896. The Kier molecular flexibility index (Phi) is 6.26. The van der Waals surface area contributed by atoms with Crippen LogP contribution in [0.1, 0.15) is 42.0 Å². The zero-order chi connectivity index (χ0) is 18.4. The molecule has 1 N–H and O–H groups in total. The van der Waals surface area contributed by atoms with Gasteiger partial charge in [-0.1, -0.05) is 55.7 Å². The predicted molar refractivity (Wildman–Crippen MR) is 115 cm³/mol. The fraction of sp³-hybridized carbons (Fsp3) is 0.250. The van der Waals surface area contributed by atoms with Crippen molar-refractivity contribution in [3.05, 3.63) is 76.9 Å². The molecule has 2 aromatic rings. The Balaban J connectivity index is 2.01. The van der Waals surface area contributed by atoms with Gasteiger partial charge in [0.05, 0.1) is 0 Å². The molecular weight excluding hydrogens is 334 g/mol. The molecule has 1 aliphatic heterocycles. The standard InChI is InChI=1S/C24H25NS/c1-4-6-15-26-23-17-20(13-12-18(23)3)22-11-8-14-25-24(22)21-10-7-9-19(5-2)16-21/h2,7-13,16-17,25H,4,6,14-15H2,1,3H3. The van der Waals surface area contributed by atoms with Crippen LogP contribution >= 0.6 is 11.8 Å². The summed E-state index contributed by atoms with van der Waals surface area (Å²) in [5, 5.41) is 3.54. The van der Waals surface area contributed by atoms with Crippen molar-refractivity contribution in [2.75, 3.05) is 12.3 Å². The third-order valence-electron chi connectivity index (χ3n) is 4.52. The molecule has 0 unspecified atom stereocenters. The third kappa shape index (κ3) is 4.23. The third-order valence-corrected chi connectivity index (χ3v) is 5.77. The van der Waals surface area contributed by atoms with E-state index in [1.165, 1.54) is 40.2 Å². The molecule has 0 aromatic heterocycles. The van der Waals surface area contributed by atoms with Crippen LogP contribution in [0, 0.1) is 19.3 Å². The van der Waals surface area contributed by atoms with E-state index in [1.807, 2.05) is 23.9 Å². The Hall–Kier alpha value is -2.37. The van der Waals surface area contributed by atoms with Crippen molar-refractivity contribution in [1.82, 2.24) is 5.32 Å². The van der Waals surface area contributed by atoms with Crippen molar-refractivity contribution in [2.45, 2.75) is 31.6 Å². The molecule has 0 bridgehead atoms. The number of rotatable bonds is 6. The number of hydrogen-bond acceptors (Lipinski definition) is 2. The van der Waals surface area contributed by atoms with Crippen LogP contribution in [0.5, 0.6) is 0 Å². The quantitative estimate of drug-likeness (QED) is 0.392. The normalized spacial score (nSPS) is 13.4. The Labute approximate surface area is 161 Å². The van der Waals surface area contributed by atoms with Crippen molar-refractivity contribution < 1.29 is 0 Å². The van der Waals surface area contributed by atoms with Gasteiger partial charge in [-0.25, -0.2) is 0 Å². The van der Waals surface area contributed by atoms with E-state index in [0.717, 1.165) is 23.4 Å². The summed E-state index contributed by atoms with van der Waals surface area (Å²) in [7, 11) is 0. The zero-order valence-electron chi connectivity index (χ0n) is 15.5. The summed E-state index contributed by atoms with van der Waals surface area (Å²) in [6, 6.07) is 15.0. The summed E-state index contributed by atoms with van der Waals surface area (Å²) >= 11 is 1.96. The fourth-order valence-corrected chi connectivity index (χ4v) is 4.19. The van der Waals surface area contributed by atoms with Crippen LogP contribution in [0.15, 0.2) is 59.5 Å². The molecular formula is C24H25NS. The van der Waals surface area contributed by atoms with Crippen LogP contribution in [-0.4, -0.2) is 12.3 Å². The van der Waals surface area contributed by atoms with Gasteiger partial charge in [0.1, 0.15) is 0 Å². The van der Waals surface area contributed by atoms with E-state index in [1.54, 1.807) is 0 Å². The summed E-state index contributed by atoms with van der Waals surface area (Å²) < 4.78 is 0. The number of allylic oxidation sites excluding steroid dienone is 2. The van der Waals surface area contributed by atoms with E-state index < -0.39 is 0 Å². The molecule has 0 fully saturated rings. The second-order valence-corrected chi connectivity index (χ2v) is 7.62. The van der Waals surface area contributed by atoms with E-state index in [4.69, 9.17) is 6.42 Å². The molecule has 132 valence electrons. The summed E-state index contributed by atoms with van der Waals surface area (Å²) in [5.41, 5.74) is 7.02. The molecule has 0 saturated carbocycles. The number of aryl methyl sites for hydroxylation is 1. The van der Waals surface area contributed by atoms with E-state index in [0.29, 0.717) is 0 Å². The van der Waals surface area contributed by atoms with Crippen LogP contribution in [0.4, 0.5) is 0 Å². The molecule has 2 aromatic carbocycles. The second-order valence-electron chi connectivity index (χ2n) is 6.48. The fourth-order valence-electron chi connectivity index (χ4n) is 3.03. The monoisotopic (exact) mass is 359 g/mol. The Morgan fingerprint density at radius 3 is 2.85 bits per heavy atom. The Morgan fingerprint density at radius 2 is 2.04 bits per heavy atom. The molecule has 2 heteroatoms. The SMILES string of the molecule is C#Cc1cccc(C2=C(c3ccc(C)c(SCCCC)c3)C=CCN2)c1. The maximum Gasteiger partial charge on any atom is 0.0496 e. The van der Waals surface area contributed by atoms with Crippen molar-refractivity contribution in [2.24, 2.45) is 0 Å². The molecule has 0 spiro atoms. The summed E-state index contributed by atoms with van der Waals surface area (Å²) in [5.74, 6) is 3.91. The number of unbranched alkanes of at least 4 members (excludes halogenated alkanes) is 1. The number of benzene rings is 2. The number of nitrogens with one attached hydrogen (secondary N) is 1. The summed E-state index contributed by atoms with van der Waals surface area (Å²) in [6.07, 6.45) is 12.5. The van der Waals surface area contributed by atoms with Crippen LogP contribution in [-0.2, 0) is 0 Å². The minimum Gasteiger partial charge on any atom is -0.381 e. The van der Waals surface area contributed by atoms with Gasteiger partial charge in [-0.2, -0.15) is 0 Å². The molecule has 0 radical (unpaired) electrons. The average molecular weight is 360 g/mol. The molecule has 1 aliphatic rings. The van der Waals surface area contributed by atoms with Gasteiger partial charge < -0.3 is 5.32 Å². The lowest BCUT2D eigenvalue weighted by atomic mass is 9.95. The van der Waals surface area contributed by atoms with Crippen molar-refractivity contribution in [3.8, 4) is 12.3 Å². The van der Waals surface area contributed by atoms with E-state index >= 15 is 0 Å². The van der Waals surface area contributed by atoms with Crippen LogP contribution in [0.3, 0.4) is 0 Å². The second kappa shape index (κ2) is 8.83. The highest BCUT2D eigenvalue weighted by atomic mass is 32.2. The highest BCUT2D eigenvalue weighted by Gasteiger charge is 2.13. The van der Waals surface area contributed by atoms with Crippen LogP contribution in [0.2, 0.25) is 0 Å².